The lowest BCUT2D eigenvalue weighted by Gasteiger charge is -2.29. The van der Waals surface area contributed by atoms with Crippen LogP contribution in [0.3, 0.4) is 0 Å². The number of hydrogen-bond donors (Lipinski definition) is 1. The van der Waals surface area contributed by atoms with Gasteiger partial charge in [-0.2, -0.15) is 0 Å². The minimum absolute atomic E-state index is 0.172. The van der Waals surface area contributed by atoms with E-state index in [1.165, 1.54) is 12.1 Å². The van der Waals surface area contributed by atoms with Crippen molar-refractivity contribution in [3.63, 3.8) is 0 Å². The lowest BCUT2D eigenvalue weighted by molar-refractivity contribution is 0.203. The highest BCUT2D eigenvalue weighted by molar-refractivity contribution is 5.22. The van der Waals surface area contributed by atoms with E-state index in [9.17, 15) is 8.78 Å². The molecule has 1 atom stereocenters. The van der Waals surface area contributed by atoms with Crippen molar-refractivity contribution >= 4 is 0 Å². The van der Waals surface area contributed by atoms with Crippen molar-refractivity contribution in [3.8, 4) is 0 Å². The fourth-order valence-corrected chi connectivity index (χ4v) is 2.43. The van der Waals surface area contributed by atoms with Gasteiger partial charge in [-0.25, -0.2) is 8.78 Å². The number of benzene rings is 2. The molecule has 2 rings (SSSR count). The van der Waals surface area contributed by atoms with E-state index in [2.05, 4.69) is 4.90 Å². The van der Waals surface area contributed by atoms with E-state index in [0.717, 1.165) is 11.6 Å². The van der Waals surface area contributed by atoms with E-state index < -0.39 is 11.6 Å². The number of nitrogens with zero attached hydrogens (tertiary/aromatic N) is 1. The van der Waals surface area contributed by atoms with Crippen molar-refractivity contribution in [1.29, 1.82) is 0 Å². The molecule has 2 N–H and O–H groups in total. The molecule has 2 aromatic carbocycles. The summed E-state index contributed by atoms with van der Waals surface area (Å²) in [5.41, 5.74) is 7.29. The average Bonchev–Trinajstić information content (AvgIpc) is 2.47. The molecule has 0 saturated carbocycles. The van der Waals surface area contributed by atoms with Gasteiger partial charge in [0.25, 0.3) is 0 Å². The van der Waals surface area contributed by atoms with Crippen molar-refractivity contribution in [3.05, 3.63) is 71.3 Å². The quantitative estimate of drug-likeness (QED) is 0.882. The summed E-state index contributed by atoms with van der Waals surface area (Å²) in [4.78, 5) is 2.09. The van der Waals surface area contributed by atoms with Crippen LogP contribution in [0.2, 0.25) is 0 Å². The largest absolute Gasteiger partial charge is 0.329 e. The van der Waals surface area contributed by atoms with Gasteiger partial charge >= 0.3 is 0 Å². The van der Waals surface area contributed by atoms with Gasteiger partial charge in [-0.3, -0.25) is 4.90 Å². The van der Waals surface area contributed by atoms with Crippen LogP contribution in [0.1, 0.15) is 24.1 Å². The Morgan fingerprint density at radius 2 is 1.81 bits per heavy atom. The lowest BCUT2D eigenvalue weighted by Crippen LogP contribution is -2.32. The van der Waals surface area contributed by atoms with Gasteiger partial charge in [-0.15, -0.1) is 0 Å². The topological polar surface area (TPSA) is 29.3 Å². The molecule has 0 aliphatic carbocycles. The second kappa shape index (κ2) is 7.29. The molecule has 4 heteroatoms. The fourth-order valence-electron chi connectivity index (χ4n) is 2.43. The van der Waals surface area contributed by atoms with E-state index >= 15 is 0 Å². The molecule has 21 heavy (non-hydrogen) atoms. The first kappa shape index (κ1) is 15.6. The Morgan fingerprint density at radius 3 is 2.43 bits per heavy atom. The van der Waals surface area contributed by atoms with Crippen LogP contribution in [0.5, 0.6) is 0 Å². The third kappa shape index (κ3) is 4.09. The van der Waals surface area contributed by atoms with Gasteiger partial charge in [0.1, 0.15) is 11.6 Å². The number of nitrogens with two attached hydrogens (primary N) is 1. The van der Waals surface area contributed by atoms with E-state index in [-0.39, 0.29) is 6.04 Å². The highest BCUT2D eigenvalue weighted by atomic mass is 19.1. The Kier molecular flexibility index (Phi) is 5.42. The maximum absolute atomic E-state index is 13.9. The average molecular weight is 290 g/mol. The molecule has 0 saturated heterocycles. The number of hydrogen-bond acceptors (Lipinski definition) is 2. The van der Waals surface area contributed by atoms with Crippen molar-refractivity contribution < 1.29 is 8.78 Å². The third-order valence-corrected chi connectivity index (χ3v) is 3.61. The summed E-state index contributed by atoms with van der Waals surface area (Å²) in [6.45, 7) is 3.72. The van der Waals surface area contributed by atoms with Gasteiger partial charge in [0, 0.05) is 37.3 Å². The van der Waals surface area contributed by atoms with Crippen LogP contribution in [-0.2, 0) is 6.54 Å². The molecule has 1 unspecified atom stereocenters. The Balaban J connectivity index is 2.20. The molecule has 0 aromatic heterocycles. The molecule has 0 heterocycles. The van der Waals surface area contributed by atoms with Crippen LogP contribution >= 0.6 is 0 Å². The molecule has 0 spiro atoms. The minimum atomic E-state index is -0.558. The van der Waals surface area contributed by atoms with Crippen molar-refractivity contribution in [2.24, 2.45) is 5.73 Å². The smallest absolute Gasteiger partial charge is 0.130 e. The van der Waals surface area contributed by atoms with E-state index in [1.807, 2.05) is 37.3 Å². The maximum atomic E-state index is 13.9. The summed E-state index contributed by atoms with van der Waals surface area (Å²) in [7, 11) is 0. The second-order valence-electron chi connectivity index (χ2n) is 5.09. The Hall–Kier alpha value is -1.78. The second-order valence-corrected chi connectivity index (χ2v) is 5.09. The zero-order chi connectivity index (χ0) is 15.2. The first-order valence-corrected chi connectivity index (χ1v) is 7.05. The third-order valence-electron chi connectivity index (χ3n) is 3.61. The molecule has 0 aliphatic heterocycles. The summed E-state index contributed by atoms with van der Waals surface area (Å²) in [5, 5.41) is 0. The van der Waals surface area contributed by atoms with E-state index in [4.69, 9.17) is 5.73 Å². The zero-order valence-corrected chi connectivity index (χ0v) is 12.1. The predicted molar refractivity (Wildman–Crippen MR) is 80.7 cm³/mol. The first-order valence-electron chi connectivity index (χ1n) is 7.05. The molecular weight excluding hydrogens is 270 g/mol. The van der Waals surface area contributed by atoms with Crippen LogP contribution in [0.4, 0.5) is 8.78 Å². The monoisotopic (exact) mass is 290 g/mol. The molecule has 112 valence electrons. The highest BCUT2D eigenvalue weighted by Crippen LogP contribution is 2.25. The van der Waals surface area contributed by atoms with Crippen LogP contribution < -0.4 is 5.73 Å². The molecule has 0 bridgehead atoms. The predicted octanol–water partition coefficient (Wildman–Crippen LogP) is 3.49. The minimum Gasteiger partial charge on any atom is -0.329 e. The van der Waals surface area contributed by atoms with Gasteiger partial charge in [-0.05, 0) is 18.6 Å². The number of rotatable bonds is 6. The van der Waals surface area contributed by atoms with Gasteiger partial charge in [0.05, 0.1) is 0 Å². The highest BCUT2D eigenvalue weighted by Gasteiger charge is 2.19. The van der Waals surface area contributed by atoms with Crippen molar-refractivity contribution in [1.82, 2.24) is 4.90 Å². The van der Waals surface area contributed by atoms with Crippen LogP contribution in [0.25, 0.3) is 0 Å². The summed E-state index contributed by atoms with van der Waals surface area (Å²) in [6, 6.07) is 13.5. The summed E-state index contributed by atoms with van der Waals surface area (Å²) < 4.78 is 27.0. The van der Waals surface area contributed by atoms with Gasteiger partial charge in [0.15, 0.2) is 0 Å². The van der Waals surface area contributed by atoms with Gasteiger partial charge in [-0.1, -0.05) is 36.4 Å². The van der Waals surface area contributed by atoms with Crippen LogP contribution in [0, 0.1) is 11.6 Å². The fraction of sp³-hybridized carbons (Fsp3) is 0.294. The Bertz CT molecular complexity index is 572. The van der Waals surface area contributed by atoms with E-state index in [0.29, 0.717) is 25.2 Å². The summed E-state index contributed by atoms with van der Waals surface area (Å²) in [5.74, 6) is -1.07. The number of halogens is 2. The standard InChI is InChI=1S/C17H20F2N2/c1-13(16-8-7-15(18)11-17(16)19)21(10-9-20)12-14-5-3-2-4-6-14/h2-8,11,13H,9-10,12,20H2,1H3. The molecule has 2 nitrogen and oxygen atoms in total. The normalized spacial score (nSPS) is 12.6. The molecule has 2 aromatic rings. The van der Waals surface area contributed by atoms with E-state index in [1.54, 1.807) is 0 Å². The van der Waals surface area contributed by atoms with Crippen LogP contribution in [-0.4, -0.2) is 18.0 Å². The van der Waals surface area contributed by atoms with Crippen molar-refractivity contribution in [2.45, 2.75) is 19.5 Å². The maximum Gasteiger partial charge on any atom is 0.130 e. The Morgan fingerprint density at radius 1 is 1.10 bits per heavy atom. The van der Waals surface area contributed by atoms with Gasteiger partial charge < -0.3 is 5.73 Å². The summed E-state index contributed by atoms with van der Waals surface area (Å²) >= 11 is 0. The summed E-state index contributed by atoms with van der Waals surface area (Å²) in [6.07, 6.45) is 0. The van der Waals surface area contributed by atoms with Crippen molar-refractivity contribution in [2.75, 3.05) is 13.1 Å². The molecular formula is C17H20F2N2. The molecule has 0 fully saturated rings. The zero-order valence-electron chi connectivity index (χ0n) is 12.1. The molecule has 0 aliphatic rings. The SMILES string of the molecule is CC(c1ccc(F)cc1F)N(CCN)Cc1ccccc1. The Labute approximate surface area is 124 Å². The molecule has 0 radical (unpaired) electrons. The lowest BCUT2D eigenvalue weighted by atomic mass is 10.0. The van der Waals surface area contributed by atoms with Crippen LogP contribution in [0.15, 0.2) is 48.5 Å². The molecule has 0 amide bonds. The first-order chi connectivity index (χ1) is 10.1. The van der Waals surface area contributed by atoms with Gasteiger partial charge in [0.2, 0.25) is 0 Å².